The monoisotopic (exact) mass is 338 g/mol. The van der Waals surface area contributed by atoms with Crippen LogP contribution in [0, 0.1) is 0 Å². The van der Waals surface area contributed by atoms with Gasteiger partial charge in [0.15, 0.2) is 0 Å². The number of carboxylic acids is 1. The Morgan fingerprint density at radius 3 is 2.79 bits per heavy atom. The Hall–Kier alpha value is -2.09. The molecule has 1 aromatic heterocycles. The van der Waals surface area contributed by atoms with E-state index in [4.69, 9.17) is 4.74 Å². The largest absolute Gasteiger partial charge is 0.477 e. The summed E-state index contributed by atoms with van der Waals surface area (Å²) in [7, 11) is 1.61. The number of nitrogens with zero attached hydrogens (tertiary/aromatic N) is 3. The van der Waals surface area contributed by atoms with E-state index in [1.54, 1.807) is 18.1 Å². The van der Waals surface area contributed by atoms with Crippen molar-refractivity contribution in [3.63, 3.8) is 0 Å². The summed E-state index contributed by atoms with van der Waals surface area (Å²) in [6, 6.07) is 0.105. The van der Waals surface area contributed by atoms with Gasteiger partial charge in [0.05, 0.1) is 6.20 Å². The van der Waals surface area contributed by atoms with Crippen LogP contribution in [0.3, 0.4) is 0 Å². The van der Waals surface area contributed by atoms with Crippen molar-refractivity contribution in [2.24, 2.45) is 7.05 Å². The van der Waals surface area contributed by atoms with E-state index in [0.717, 1.165) is 12.8 Å². The molecule has 0 spiro atoms. The predicted octanol–water partition coefficient (Wildman–Crippen LogP) is 1.61. The minimum Gasteiger partial charge on any atom is -0.477 e. The number of amides is 1. The third-order valence-corrected chi connectivity index (χ3v) is 3.87. The zero-order valence-corrected chi connectivity index (χ0v) is 14.7. The van der Waals surface area contributed by atoms with Crippen molar-refractivity contribution < 1.29 is 19.4 Å². The van der Waals surface area contributed by atoms with E-state index in [-0.39, 0.29) is 17.8 Å². The van der Waals surface area contributed by atoms with Crippen LogP contribution in [-0.4, -0.2) is 56.6 Å². The number of likely N-dealkylation sites (tertiary alicyclic amines) is 1. The molecule has 1 fully saturated rings. The second-order valence-corrected chi connectivity index (χ2v) is 7.09. The van der Waals surface area contributed by atoms with Gasteiger partial charge in [0, 0.05) is 38.3 Å². The van der Waals surface area contributed by atoms with E-state index in [0.29, 0.717) is 25.2 Å². The Balaban J connectivity index is 1.92. The molecule has 1 saturated heterocycles. The van der Waals surface area contributed by atoms with E-state index < -0.39 is 11.6 Å². The fraction of sp³-hybridized carbons (Fsp3) is 0.688. The molecule has 0 radical (unpaired) electrons. The Labute approximate surface area is 141 Å². The zero-order chi connectivity index (χ0) is 17.9. The van der Waals surface area contributed by atoms with Gasteiger partial charge >= 0.3 is 12.1 Å². The minimum atomic E-state index is -0.995. The number of aryl methyl sites for hydroxylation is 1. The maximum absolute atomic E-state index is 12.2. The lowest BCUT2D eigenvalue weighted by Gasteiger charge is -2.34. The van der Waals surface area contributed by atoms with Crippen molar-refractivity contribution in [3.8, 4) is 0 Å². The molecule has 1 unspecified atom stereocenters. The summed E-state index contributed by atoms with van der Waals surface area (Å²) >= 11 is 0. The number of carbonyl (C=O) groups excluding carboxylic acids is 1. The zero-order valence-electron chi connectivity index (χ0n) is 14.7. The van der Waals surface area contributed by atoms with Crippen LogP contribution in [0.5, 0.6) is 0 Å². The summed E-state index contributed by atoms with van der Waals surface area (Å²) in [6.45, 7) is 7.18. The van der Waals surface area contributed by atoms with Crippen LogP contribution >= 0.6 is 0 Å². The van der Waals surface area contributed by atoms with Gasteiger partial charge in [-0.1, -0.05) is 0 Å². The number of aromatic nitrogens is 2. The summed E-state index contributed by atoms with van der Waals surface area (Å²) in [5.41, 5.74) is 0.311. The molecule has 1 aliphatic heterocycles. The molecule has 1 aliphatic rings. The van der Waals surface area contributed by atoms with Crippen molar-refractivity contribution in [2.75, 3.05) is 13.1 Å². The first-order valence-corrected chi connectivity index (χ1v) is 8.13. The number of carboxylic acid groups (broad SMARTS) is 1. The van der Waals surface area contributed by atoms with Crippen LogP contribution < -0.4 is 5.32 Å². The normalized spacial score (nSPS) is 18.5. The van der Waals surface area contributed by atoms with Crippen molar-refractivity contribution in [1.82, 2.24) is 20.0 Å². The molecule has 2 heterocycles. The summed E-state index contributed by atoms with van der Waals surface area (Å²) in [5, 5.41) is 16.6. The van der Waals surface area contributed by atoms with Crippen LogP contribution in [0.4, 0.5) is 4.79 Å². The van der Waals surface area contributed by atoms with Crippen molar-refractivity contribution in [1.29, 1.82) is 0 Å². The van der Waals surface area contributed by atoms with Gasteiger partial charge in [0.25, 0.3) is 0 Å². The van der Waals surface area contributed by atoms with Gasteiger partial charge in [-0.25, -0.2) is 9.59 Å². The number of ether oxygens (including phenoxy) is 1. The Morgan fingerprint density at radius 2 is 2.17 bits per heavy atom. The van der Waals surface area contributed by atoms with E-state index in [1.165, 1.54) is 4.68 Å². The van der Waals surface area contributed by atoms with E-state index in [1.807, 2.05) is 20.8 Å². The summed E-state index contributed by atoms with van der Waals surface area (Å²) in [5.74, 6) is -0.995. The third kappa shape index (κ3) is 4.70. The quantitative estimate of drug-likeness (QED) is 0.866. The first-order chi connectivity index (χ1) is 11.2. The van der Waals surface area contributed by atoms with E-state index in [9.17, 15) is 14.7 Å². The smallest absolute Gasteiger partial charge is 0.410 e. The fourth-order valence-electron chi connectivity index (χ4n) is 2.78. The molecule has 0 saturated carbocycles. The first-order valence-electron chi connectivity index (χ1n) is 8.13. The highest BCUT2D eigenvalue weighted by Gasteiger charge is 2.27. The molecule has 2 N–H and O–H groups in total. The lowest BCUT2D eigenvalue weighted by atomic mass is 10.1. The van der Waals surface area contributed by atoms with E-state index in [2.05, 4.69) is 10.4 Å². The van der Waals surface area contributed by atoms with Gasteiger partial charge in [-0.05, 0) is 33.6 Å². The van der Waals surface area contributed by atoms with Crippen molar-refractivity contribution >= 4 is 12.1 Å². The predicted molar refractivity (Wildman–Crippen MR) is 87.8 cm³/mol. The Morgan fingerprint density at radius 1 is 1.46 bits per heavy atom. The second-order valence-electron chi connectivity index (χ2n) is 7.09. The minimum absolute atomic E-state index is 0.105. The van der Waals surface area contributed by atoms with Gasteiger partial charge in [0.1, 0.15) is 11.3 Å². The van der Waals surface area contributed by atoms with E-state index >= 15 is 0 Å². The Bertz CT molecular complexity index is 606. The van der Waals surface area contributed by atoms with Gasteiger partial charge in [0.2, 0.25) is 0 Å². The highest BCUT2D eigenvalue weighted by atomic mass is 16.6. The summed E-state index contributed by atoms with van der Waals surface area (Å²) in [6.07, 6.45) is 3.07. The summed E-state index contributed by atoms with van der Waals surface area (Å²) in [4.78, 5) is 25.1. The number of nitrogens with one attached hydrogen (secondary N) is 1. The fourth-order valence-corrected chi connectivity index (χ4v) is 2.78. The third-order valence-electron chi connectivity index (χ3n) is 3.87. The number of rotatable bonds is 4. The first kappa shape index (κ1) is 18.3. The SMILES string of the molecule is Cn1ncc(CNC2CCCN(C(=O)OC(C)(C)C)C2)c1C(=O)O. The summed E-state index contributed by atoms with van der Waals surface area (Å²) < 4.78 is 6.76. The van der Waals surface area contributed by atoms with Crippen molar-refractivity contribution in [2.45, 2.75) is 51.8 Å². The van der Waals surface area contributed by atoms with Gasteiger partial charge < -0.3 is 20.1 Å². The van der Waals surface area contributed by atoms with Gasteiger partial charge in [-0.2, -0.15) is 5.10 Å². The molecule has 2 rings (SSSR count). The molecule has 1 amide bonds. The number of piperidine rings is 1. The molecule has 1 aromatic rings. The number of aromatic carboxylic acids is 1. The van der Waals surface area contributed by atoms with Crippen LogP contribution in [0.2, 0.25) is 0 Å². The lowest BCUT2D eigenvalue weighted by Crippen LogP contribution is -2.49. The number of carbonyl (C=O) groups is 2. The number of hydrogen-bond donors (Lipinski definition) is 2. The molecule has 8 nitrogen and oxygen atoms in total. The van der Waals surface area contributed by atoms with Crippen LogP contribution in [0.25, 0.3) is 0 Å². The standard InChI is InChI=1S/C16H26N4O4/c1-16(2,3)24-15(23)20-7-5-6-12(10-20)17-8-11-9-18-19(4)13(11)14(21)22/h9,12,17H,5-8,10H2,1-4H3,(H,21,22). The average Bonchev–Trinajstić information content (AvgIpc) is 2.85. The molecule has 0 aliphatic carbocycles. The Kier molecular flexibility index (Phi) is 5.48. The lowest BCUT2D eigenvalue weighted by molar-refractivity contribution is 0.0187. The topological polar surface area (TPSA) is 96.7 Å². The maximum atomic E-state index is 12.2. The highest BCUT2D eigenvalue weighted by molar-refractivity contribution is 5.87. The molecule has 1 atom stereocenters. The molecule has 134 valence electrons. The molecule has 0 bridgehead atoms. The second kappa shape index (κ2) is 7.21. The molecule has 0 aromatic carbocycles. The highest BCUT2D eigenvalue weighted by Crippen LogP contribution is 2.16. The molecular weight excluding hydrogens is 312 g/mol. The van der Waals surface area contributed by atoms with Crippen LogP contribution in [0.1, 0.15) is 49.7 Å². The maximum Gasteiger partial charge on any atom is 0.410 e. The average molecular weight is 338 g/mol. The van der Waals surface area contributed by atoms with Crippen LogP contribution in [-0.2, 0) is 18.3 Å². The van der Waals surface area contributed by atoms with Crippen LogP contribution in [0.15, 0.2) is 6.20 Å². The molecular formula is C16H26N4O4. The van der Waals surface area contributed by atoms with Gasteiger partial charge in [-0.15, -0.1) is 0 Å². The molecule has 24 heavy (non-hydrogen) atoms. The number of hydrogen-bond acceptors (Lipinski definition) is 5. The van der Waals surface area contributed by atoms with Crippen molar-refractivity contribution in [3.05, 3.63) is 17.5 Å². The molecule has 8 heteroatoms. The van der Waals surface area contributed by atoms with Gasteiger partial charge in [-0.3, -0.25) is 4.68 Å².